The molecule has 1 atom stereocenters. The molecule has 1 aromatic rings. The lowest BCUT2D eigenvalue weighted by molar-refractivity contribution is -0.120. The molecule has 1 aliphatic rings. The Bertz CT molecular complexity index is 465. The summed E-state index contributed by atoms with van der Waals surface area (Å²) >= 11 is 0. The zero-order valence-electron chi connectivity index (χ0n) is 11.9. The number of amides is 1. The van der Waals surface area contributed by atoms with Crippen molar-refractivity contribution in [3.63, 3.8) is 0 Å². The molecule has 1 aliphatic heterocycles. The molecule has 1 amide bonds. The summed E-state index contributed by atoms with van der Waals surface area (Å²) in [4.78, 5) is 12.2. The van der Waals surface area contributed by atoms with E-state index in [4.69, 9.17) is 4.74 Å². The van der Waals surface area contributed by atoms with Gasteiger partial charge in [0.05, 0.1) is 13.0 Å². The summed E-state index contributed by atoms with van der Waals surface area (Å²) in [5, 5.41) is 6.30. The second-order valence-electron chi connectivity index (χ2n) is 5.17. The van der Waals surface area contributed by atoms with Crippen LogP contribution in [0.25, 0.3) is 0 Å². The van der Waals surface area contributed by atoms with Gasteiger partial charge in [-0.2, -0.15) is 0 Å². The summed E-state index contributed by atoms with van der Waals surface area (Å²) < 4.78 is 5.28. The molecular formula is C15H22N2O2. The molecule has 19 heavy (non-hydrogen) atoms. The fraction of sp³-hybridized carbons (Fsp3) is 0.533. The zero-order valence-corrected chi connectivity index (χ0v) is 11.9. The van der Waals surface area contributed by atoms with Gasteiger partial charge in [-0.25, -0.2) is 0 Å². The number of anilines is 1. The van der Waals surface area contributed by atoms with Gasteiger partial charge in [0, 0.05) is 12.2 Å². The van der Waals surface area contributed by atoms with E-state index in [1.165, 1.54) is 0 Å². The molecule has 2 N–H and O–H groups in total. The van der Waals surface area contributed by atoms with Crippen LogP contribution in [0.4, 0.5) is 5.69 Å². The Labute approximate surface area is 114 Å². The molecular weight excluding hydrogens is 240 g/mol. The van der Waals surface area contributed by atoms with Crippen molar-refractivity contribution >= 4 is 11.6 Å². The molecule has 0 aliphatic carbocycles. The maximum atomic E-state index is 12.2. The maximum absolute atomic E-state index is 12.2. The first kappa shape index (κ1) is 13.9. The van der Waals surface area contributed by atoms with E-state index < -0.39 is 0 Å². The quantitative estimate of drug-likeness (QED) is 0.878. The van der Waals surface area contributed by atoms with Crippen molar-refractivity contribution in [2.45, 2.75) is 26.7 Å². The van der Waals surface area contributed by atoms with Crippen molar-refractivity contribution in [1.29, 1.82) is 0 Å². The Morgan fingerprint density at radius 1 is 1.37 bits per heavy atom. The van der Waals surface area contributed by atoms with Gasteiger partial charge in [-0.05, 0) is 56.5 Å². The van der Waals surface area contributed by atoms with Crippen LogP contribution in [0.2, 0.25) is 0 Å². The standard InChI is InChI=1S/C15H22N2O2/c1-10-8-14(19-3)11(2)7-13(10)17-15(18)12-5-4-6-16-9-12/h7-8,12,16H,4-6,9H2,1-3H3,(H,17,18). The van der Waals surface area contributed by atoms with E-state index in [2.05, 4.69) is 10.6 Å². The lowest BCUT2D eigenvalue weighted by Gasteiger charge is -2.22. The van der Waals surface area contributed by atoms with Crippen LogP contribution >= 0.6 is 0 Å². The van der Waals surface area contributed by atoms with E-state index in [1.54, 1.807) is 7.11 Å². The molecule has 2 rings (SSSR count). The van der Waals surface area contributed by atoms with Crippen molar-refractivity contribution in [3.05, 3.63) is 23.3 Å². The molecule has 1 saturated heterocycles. The van der Waals surface area contributed by atoms with E-state index in [9.17, 15) is 4.79 Å². The first-order valence-electron chi connectivity index (χ1n) is 6.78. The number of aryl methyl sites for hydroxylation is 2. The second kappa shape index (κ2) is 6.06. The van der Waals surface area contributed by atoms with Gasteiger partial charge in [-0.15, -0.1) is 0 Å². The number of hydrogen-bond acceptors (Lipinski definition) is 3. The minimum Gasteiger partial charge on any atom is -0.496 e. The average Bonchev–Trinajstić information content (AvgIpc) is 2.43. The number of carbonyl (C=O) groups is 1. The Balaban J connectivity index is 2.10. The minimum absolute atomic E-state index is 0.0792. The average molecular weight is 262 g/mol. The van der Waals surface area contributed by atoms with Gasteiger partial charge in [0.25, 0.3) is 0 Å². The number of carbonyl (C=O) groups excluding carboxylic acids is 1. The Hall–Kier alpha value is -1.55. The molecule has 104 valence electrons. The first-order valence-corrected chi connectivity index (χ1v) is 6.78. The number of benzene rings is 1. The summed E-state index contributed by atoms with van der Waals surface area (Å²) in [6, 6.07) is 3.94. The van der Waals surface area contributed by atoms with Crippen LogP contribution in [0.5, 0.6) is 5.75 Å². The highest BCUT2D eigenvalue weighted by atomic mass is 16.5. The summed E-state index contributed by atoms with van der Waals surface area (Å²) in [6.45, 7) is 5.76. The molecule has 0 bridgehead atoms. The van der Waals surface area contributed by atoms with Gasteiger partial charge >= 0.3 is 0 Å². The van der Waals surface area contributed by atoms with Gasteiger partial charge < -0.3 is 15.4 Å². The van der Waals surface area contributed by atoms with Crippen molar-refractivity contribution < 1.29 is 9.53 Å². The molecule has 1 heterocycles. The first-order chi connectivity index (χ1) is 9.11. The Kier molecular flexibility index (Phi) is 4.43. The number of rotatable bonds is 3. The molecule has 1 aromatic carbocycles. The fourth-order valence-corrected chi connectivity index (χ4v) is 2.45. The van der Waals surface area contributed by atoms with Crippen molar-refractivity contribution in [1.82, 2.24) is 5.32 Å². The zero-order chi connectivity index (χ0) is 13.8. The third-order valence-corrected chi connectivity index (χ3v) is 3.67. The minimum atomic E-state index is 0.0792. The van der Waals surface area contributed by atoms with Gasteiger partial charge in [0.1, 0.15) is 5.75 Å². The van der Waals surface area contributed by atoms with Gasteiger partial charge in [0.2, 0.25) is 5.91 Å². The molecule has 0 aromatic heterocycles. The number of piperidine rings is 1. The highest BCUT2D eigenvalue weighted by Gasteiger charge is 2.21. The Morgan fingerprint density at radius 3 is 2.79 bits per heavy atom. The van der Waals surface area contributed by atoms with Crippen LogP contribution in [0.3, 0.4) is 0 Å². The molecule has 0 radical (unpaired) electrons. The molecule has 0 saturated carbocycles. The second-order valence-corrected chi connectivity index (χ2v) is 5.17. The van der Waals surface area contributed by atoms with E-state index >= 15 is 0 Å². The third-order valence-electron chi connectivity index (χ3n) is 3.67. The molecule has 4 heteroatoms. The third kappa shape index (κ3) is 3.26. The largest absolute Gasteiger partial charge is 0.496 e. The smallest absolute Gasteiger partial charge is 0.228 e. The molecule has 4 nitrogen and oxygen atoms in total. The van der Waals surface area contributed by atoms with Crippen molar-refractivity contribution in [2.24, 2.45) is 5.92 Å². The number of ether oxygens (including phenoxy) is 1. The molecule has 1 fully saturated rings. The lowest BCUT2D eigenvalue weighted by Crippen LogP contribution is -2.37. The molecule has 1 unspecified atom stereocenters. The number of nitrogens with one attached hydrogen (secondary N) is 2. The predicted octanol–water partition coefficient (Wildman–Crippen LogP) is 2.25. The van der Waals surface area contributed by atoms with Crippen LogP contribution in [-0.4, -0.2) is 26.1 Å². The summed E-state index contributed by atoms with van der Waals surface area (Å²) in [6.07, 6.45) is 2.03. The molecule has 0 spiro atoms. The summed E-state index contributed by atoms with van der Waals surface area (Å²) in [5.74, 6) is 1.05. The van der Waals surface area contributed by atoms with Crippen LogP contribution in [0, 0.1) is 19.8 Å². The van der Waals surface area contributed by atoms with Crippen molar-refractivity contribution in [2.75, 3.05) is 25.5 Å². The summed E-state index contributed by atoms with van der Waals surface area (Å²) in [5.41, 5.74) is 2.94. The van der Waals surface area contributed by atoms with Crippen LogP contribution in [-0.2, 0) is 4.79 Å². The Morgan fingerprint density at radius 2 is 2.16 bits per heavy atom. The van der Waals surface area contributed by atoms with Crippen LogP contribution < -0.4 is 15.4 Å². The van der Waals surface area contributed by atoms with Crippen LogP contribution in [0.1, 0.15) is 24.0 Å². The topological polar surface area (TPSA) is 50.4 Å². The number of methoxy groups -OCH3 is 1. The van der Waals surface area contributed by atoms with E-state index in [0.717, 1.165) is 48.5 Å². The maximum Gasteiger partial charge on any atom is 0.228 e. The fourth-order valence-electron chi connectivity index (χ4n) is 2.45. The van der Waals surface area contributed by atoms with Gasteiger partial charge in [-0.3, -0.25) is 4.79 Å². The lowest BCUT2D eigenvalue weighted by atomic mass is 9.98. The highest BCUT2D eigenvalue weighted by molar-refractivity contribution is 5.93. The predicted molar refractivity (Wildman–Crippen MR) is 76.7 cm³/mol. The summed E-state index contributed by atoms with van der Waals surface area (Å²) in [7, 11) is 1.66. The van der Waals surface area contributed by atoms with E-state index in [0.29, 0.717) is 0 Å². The van der Waals surface area contributed by atoms with Crippen molar-refractivity contribution in [3.8, 4) is 5.75 Å². The monoisotopic (exact) mass is 262 g/mol. The van der Waals surface area contributed by atoms with E-state index in [1.807, 2.05) is 26.0 Å². The van der Waals surface area contributed by atoms with Crippen LogP contribution in [0.15, 0.2) is 12.1 Å². The van der Waals surface area contributed by atoms with E-state index in [-0.39, 0.29) is 11.8 Å². The van der Waals surface area contributed by atoms with Gasteiger partial charge in [0.15, 0.2) is 0 Å². The SMILES string of the molecule is COc1cc(C)c(NC(=O)C2CCCNC2)cc1C. The normalized spacial score (nSPS) is 19.0. The van der Waals surface area contributed by atoms with Gasteiger partial charge in [-0.1, -0.05) is 0 Å². The number of hydrogen-bond donors (Lipinski definition) is 2. The highest BCUT2D eigenvalue weighted by Crippen LogP contribution is 2.26.